The number of nitrogens with one attached hydrogen (secondary N) is 3. The highest BCUT2D eigenvalue weighted by Gasteiger charge is 2.47. The van der Waals surface area contributed by atoms with E-state index in [-0.39, 0.29) is 40.9 Å². The van der Waals surface area contributed by atoms with Crippen molar-refractivity contribution in [3.63, 3.8) is 0 Å². The van der Waals surface area contributed by atoms with Crippen molar-refractivity contribution >= 4 is 17.2 Å². The largest absolute Gasteiger partial charge is 0.511 e. The van der Waals surface area contributed by atoms with Crippen LogP contribution in [0.5, 0.6) is 5.88 Å². The van der Waals surface area contributed by atoms with Crippen LogP contribution in [0.2, 0.25) is 0 Å². The lowest BCUT2D eigenvalue weighted by Gasteiger charge is -2.39. The molecule has 9 nitrogen and oxygen atoms in total. The van der Waals surface area contributed by atoms with Gasteiger partial charge in [0.1, 0.15) is 23.4 Å². The Bertz CT molecular complexity index is 1100. The molecule has 0 amide bonds. The van der Waals surface area contributed by atoms with Crippen molar-refractivity contribution in [3.8, 4) is 5.88 Å². The summed E-state index contributed by atoms with van der Waals surface area (Å²) in [5, 5.41) is 31.6. The predicted molar refractivity (Wildman–Crippen MR) is 139 cm³/mol. The molecule has 4 N–H and O–H groups in total. The molecule has 1 aromatic rings. The zero-order valence-corrected chi connectivity index (χ0v) is 21.6. The fraction of sp³-hybridized carbons (Fsp3) is 0.593. The Kier molecular flexibility index (Phi) is 7.88. The summed E-state index contributed by atoms with van der Waals surface area (Å²) in [4.78, 5) is 24.2. The summed E-state index contributed by atoms with van der Waals surface area (Å²) in [7, 11) is 3.84. The number of aliphatic hydroxyl groups excluding tert-OH is 1. The summed E-state index contributed by atoms with van der Waals surface area (Å²) in [6, 6.07) is 1.89. The van der Waals surface area contributed by atoms with E-state index in [1.54, 1.807) is 25.4 Å². The van der Waals surface area contributed by atoms with Crippen molar-refractivity contribution < 1.29 is 14.6 Å². The van der Waals surface area contributed by atoms with Crippen LogP contribution in [-0.2, 0) is 4.79 Å². The van der Waals surface area contributed by atoms with Crippen LogP contribution in [0, 0.1) is 16.2 Å². The fourth-order valence-corrected chi connectivity index (χ4v) is 5.86. The summed E-state index contributed by atoms with van der Waals surface area (Å²) in [6.07, 6.45) is 9.92. The smallest absolute Gasteiger partial charge is 0.217 e. The SMILES string of the molecule is CN/C=C\C(=N)c1cc(O[C@@H](C)[C@@H]2CCCN2C)nc(C(=N)C2=C(O)[C@]3(CCCCC3=O)CCC2)n1. The zero-order chi connectivity index (χ0) is 25.9. The first-order valence-electron chi connectivity index (χ1n) is 13.0. The summed E-state index contributed by atoms with van der Waals surface area (Å²) in [5.41, 5.74) is 0.0293. The molecule has 1 saturated carbocycles. The number of ether oxygens (including phenoxy) is 1. The quantitative estimate of drug-likeness (QED) is 0.402. The number of rotatable bonds is 8. The number of Topliss-reactive ketones (excluding diaryl/α,β-unsaturated/α-hetero) is 1. The van der Waals surface area contributed by atoms with Gasteiger partial charge in [-0.1, -0.05) is 6.42 Å². The third kappa shape index (κ3) is 5.07. The number of carbonyl (C=O) groups is 1. The lowest BCUT2D eigenvalue weighted by molar-refractivity contribution is -0.131. The summed E-state index contributed by atoms with van der Waals surface area (Å²) >= 11 is 0. The first-order valence-corrected chi connectivity index (χ1v) is 13.0. The van der Waals surface area contributed by atoms with Gasteiger partial charge in [0, 0.05) is 31.1 Å². The van der Waals surface area contributed by atoms with Gasteiger partial charge in [-0.15, -0.1) is 0 Å². The maximum Gasteiger partial charge on any atom is 0.217 e. The molecule has 3 aliphatic rings. The number of aliphatic hydroxyl groups is 1. The van der Waals surface area contributed by atoms with Gasteiger partial charge < -0.3 is 15.2 Å². The Morgan fingerprint density at radius 3 is 2.72 bits per heavy atom. The van der Waals surface area contributed by atoms with Gasteiger partial charge in [0.05, 0.1) is 16.8 Å². The minimum atomic E-state index is -0.876. The monoisotopic (exact) mass is 494 g/mol. The van der Waals surface area contributed by atoms with Crippen LogP contribution >= 0.6 is 0 Å². The molecule has 194 valence electrons. The molecule has 2 aliphatic carbocycles. The number of allylic oxidation sites excluding steroid dienone is 3. The molecule has 0 bridgehead atoms. The van der Waals surface area contributed by atoms with Crippen molar-refractivity contribution in [2.75, 3.05) is 20.6 Å². The van der Waals surface area contributed by atoms with Gasteiger partial charge in [-0.3, -0.25) is 20.5 Å². The molecule has 3 atom stereocenters. The Labute approximate surface area is 213 Å². The Morgan fingerprint density at radius 2 is 2.03 bits per heavy atom. The number of hydrogen-bond acceptors (Lipinski definition) is 9. The Morgan fingerprint density at radius 1 is 1.25 bits per heavy atom. The zero-order valence-electron chi connectivity index (χ0n) is 21.6. The molecule has 36 heavy (non-hydrogen) atoms. The second-order valence-electron chi connectivity index (χ2n) is 10.2. The van der Waals surface area contributed by atoms with Crippen LogP contribution in [-0.4, -0.2) is 70.0 Å². The van der Waals surface area contributed by atoms with Crippen molar-refractivity contribution in [2.24, 2.45) is 5.41 Å². The number of carbonyl (C=O) groups excluding carboxylic acids is 1. The number of likely N-dealkylation sites (N-methyl/N-ethyl adjacent to an activating group) is 1. The molecule has 9 heteroatoms. The second-order valence-corrected chi connectivity index (χ2v) is 10.2. The van der Waals surface area contributed by atoms with Gasteiger partial charge in [0.15, 0.2) is 5.82 Å². The van der Waals surface area contributed by atoms with Crippen molar-refractivity contribution in [3.05, 3.63) is 41.2 Å². The van der Waals surface area contributed by atoms with Crippen LogP contribution in [0.15, 0.2) is 29.7 Å². The Hall–Kier alpha value is -3.07. The average molecular weight is 495 g/mol. The molecule has 1 saturated heterocycles. The van der Waals surface area contributed by atoms with E-state index in [0.29, 0.717) is 42.8 Å². The van der Waals surface area contributed by atoms with Crippen LogP contribution in [0.3, 0.4) is 0 Å². The van der Waals surface area contributed by atoms with Crippen molar-refractivity contribution in [1.29, 1.82) is 10.8 Å². The maximum atomic E-state index is 12.9. The lowest BCUT2D eigenvalue weighted by Crippen LogP contribution is -2.39. The molecule has 2 fully saturated rings. The van der Waals surface area contributed by atoms with Gasteiger partial charge in [-0.25, -0.2) is 4.98 Å². The third-order valence-electron chi connectivity index (χ3n) is 7.91. The average Bonchev–Trinajstić information content (AvgIpc) is 3.31. The number of aromatic nitrogens is 2. The predicted octanol–water partition coefficient (Wildman–Crippen LogP) is 3.93. The molecule has 2 heterocycles. The molecule has 1 aromatic heterocycles. The minimum Gasteiger partial charge on any atom is -0.511 e. The molecular weight excluding hydrogens is 456 g/mol. The van der Waals surface area contributed by atoms with Gasteiger partial charge in [0.2, 0.25) is 5.88 Å². The summed E-state index contributed by atoms with van der Waals surface area (Å²) < 4.78 is 6.24. The molecule has 0 unspecified atom stereocenters. The number of ketones is 1. The van der Waals surface area contributed by atoms with E-state index in [9.17, 15) is 9.90 Å². The van der Waals surface area contributed by atoms with Crippen LogP contribution < -0.4 is 10.1 Å². The Balaban J connectivity index is 1.70. The first kappa shape index (κ1) is 26.0. The minimum absolute atomic E-state index is 0.00678. The van der Waals surface area contributed by atoms with Crippen LogP contribution in [0.1, 0.15) is 76.2 Å². The van der Waals surface area contributed by atoms with Crippen molar-refractivity contribution in [1.82, 2.24) is 20.2 Å². The molecule has 0 aromatic carbocycles. The van der Waals surface area contributed by atoms with Crippen molar-refractivity contribution in [2.45, 2.75) is 76.9 Å². The number of nitrogens with zero attached hydrogens (tertiary/aromatic N) is 3. The van der Waals surface area contributed by atoms with E-state index >= 15 is 0 Å². The number of likely N-dealkylation sites (tertiary alicyclic amines) is 1. The molecule has 1 spiro atoms. The first-order chi connectivity index (χ1) is 17.3. The highest BCUT2D eigenvalue weighted by atomic mass is 16.5. The highest BCUT2D eigenvalue weighted by Crippen LogP contribution is 2.48. The maximum absolute atomic E-state index is 12.9. The van der Waals surface area contributed by atoms with E-state index in [1.165, 1.54) is 0 Å². The van der Waals surface area contributed by atoms with Gasteiger partial charge in [0.25, 0.3) is 0 Å². The summed E-state index contributed by atoms with van der Waals surface area (Å²) in [6.45, 7) is 3.04. The van der Waals surface area contributed by atoms with E-state index in [4.69, 9.17) is 15.6 Å². The standard InChI is InChI=1S/C27H38N6O3/c1-17(21-9-7-15-33(21)3)36-23-16-20(19(28)11-14-30-2)31-26(32-23)24(29)18-8-6-13-27(25(18)35)12-5-4-10-22(27)34/h11,14,16-17,21,28-30,35H,4-10,12-13,15H2,1-3H3/b14-11-,28-19?,29-24?/t17-,21-,27+/m0/s1. The van der Waals surface area contributed by atoms with E-state index < -0.39 is 5.41 Å². The summed E-state index contributed by atoms with van der Waals surface area (Å²) in [5.74, 6) is 0.489. The number of hydrogen-bond donors (Lipinski definition) is 4. The van der Waals surface area contributed by atoms with E-state index in [2.05, 4.69) is 27.2 Å². The lowest BCUT2D eigenvalue weighted by atomic mass is 9.64. The molecule has 1 aliphatic heterocycles. The molecule has 0 radical (unpaired) electrons. The third-order valence-corrected chi connectivity index (χ3v) is 7.91. The molecule has 4 rings (SSSR count). The van der Waals surface area contributed by atoms with Crippen LogP contribution in [0.25, 0.3) is 0 Å². The highest BCUT2D eigenvalue weighted by molar-refractivity contribution is 6.11. The van der Waals surface area contributed by atoms with Gasteiger partial charge in [-0.05, 0) is 77.7 Å². The van der Waals surface area contributed by atoms with Gasteiger partial charge >= 0.3 is 0 Å². The van der Waals surface area contributed by atoms with Gasteiger partial charge in [-0.2, -0.15) is 4.98 Å². The van der Waals surface area contributed by atoms with Crippen LogP contribution in [0.4, 0.5) is 0 Å². The van der Waals surface area contributed by atoms with E-state index in [0.717, 1.165) is 38.6 Å². The normalized spacial score (nSPS) is 26.0. The topological polar surface area (TPSA) is 135 Å². The van der Waals surface area contributed by atoms with E-state index in [1.807, 2.05) is 6.92 Å². The fourth-order valence-electron chi connectivity index (χ4n) is 5.86. The second kappa shape index (κ2) is 10.9. The molecular formula is C27H38N6O3.